The molecule has 0 aromatic heterocycles. The molecule has 0 bridgehead atoms. The fourth-order valence-electron chi connectivity index (χ4n) is 2.05. The van der Waals surface area contributed by atoms with E-state index in [1.165, 1.54) is 19.2 Å². The minimum atomic E-state index is -3.37. The van der Waals surface area contributed by atoms with Gasteiger partial charge in [0.1, 0.15) is 0 Å². The summed E-state index contributed by atoms with van der Waals surface area (Å²) in [5.41, 5.74) is 1.27. The second-order valence-corrected chi connectivity index (χ2v) is 6.86. The molecule has 8 heteroatoms. The third-order valence-corrected chi connectivity index (χ3v) is 3.70. The van der Waals surface area contributed by atoms with Crippen molar-refractivity contribution in [2.45, 2.75) is 6.54 Å². The first-order chi connectivity index (χ1) is 11.3. The van der Waals surface area contributed by atoms with E-state index >= 15 is 0 Å². The predicted octanol–water partition coefficient (Wildman–Crippen LogP) is 2.14. The fourth-order valence-corrected chi connectivity index (χ4v) is 2.61. The number of benzene rings is 2. The molecule has 0 atom stereocenters. The van der Waals surface area contributed by atoms with Crippen LogP contribution in [0, 0.1) is 5.82 Å². The summed E-state index contributed by atoms with van der Waals surface area (Å²) in [5.74, 6) is -1.01. The molecule has 0 aliphatic carbocycles. The molecule has 0 spiro atoms. The number of halogens is 1. The highest BCUT2D eigenvalue weighted by atomic mass is 32.2. The van der Waals surface area contributed by atoms with Crippen molar-refractivity contribution < 1.29 is 22.3 Å². The maximum atomic E-state index is 13.6. The Kier molecular flexibility index (Phi) is 5.40. The van der Waals surface area contributed by atoms with E-state index < -0.39 is 21.7 Å². The highest BCUT2D eigenvalue weighted by Gasteiger charge is 2.10. The van der Waals surface area contributed by atoms with Gasteiger partial charge in [-0.25, -0.2) is 12.8 Å². The SMILES string of the molecule is COc1ccc(C(=O)NCc2cccc(NS(C)(=O)=O)c2)cc1F. The lowest BCUT2D eigenvalue weighted by molar-refractivity contribution is 0.0950. The first-order valence-corrected chi connectivity index (χ1v) is 8.86. The molecule has 0 heterocycles. The number of hydrogen-bond donors (Lipinski definition) is 2. The van der Waals surface area contributed by atoms with Gasteiger partial charge in [0.15, 0.2) is 11.6 Å². The number of hydrogen-bond acceptors (Lipinski definition) is 4. The Bertz CT molecular complexity index is 853. The van der Waals surface area contributed by atoms with Crippen LogP contribution in [0.15, 0.2) is 42.5 Å². The molecule has 6 nitrogen and oxygen atoms in total. The van der Waals surface area contributed by atoms with E-state index in [0.29, 0.717) is 11.3 Å². The average Bonchev–Trinajstić information content (AvgIpc) is 2.51. The standard InChI is InChI=1S/C16H17FN2O4S/c1-23-15-7-6-12(9-14(15)17)16(20)18-10-11-4-3-5-13(8-11)19-24(2,21)22/h3-9,19H,10H2,1-2H3,(H,18,20). The molecule has 2 aromatic carbocycles. The highest BCUT2D eigenvalue weighted by Crippen LogP contribution is 2.18. The average molecular weight is 352 g/mol. The number of ether oxygens (including phenoxy) is 1. The Hall–Kier alpha value is -2.61. The minimum absolute atomic E-state index is 0.0612. The molecule has 0 aliphatic heterocycles. The number of amides is 1. The van der Waals surface area contributed by atoms with Crippen LogP contribution in [0.25, 0.3) is 0 Å². The van der Waals surface area contributed by atoms with E-state index in [2.05, 4.69) is 10.0 Å². The van der Waals surface area contributed by atoms with Crippen LogP contribution in [0.3, 0.4) is 0 Å². The van der Waals surface area contributed by atoms with Crippen molar-refractivity contribution in [3.63, 3.8) is 0 Å². The van der Waals surface area contributed by atoms with Gasteiger partial charge in [-0.15, -0.1) is 0 Å². The summed E-state index contributed by atoms with van der Waals surface area (Å²) in [7, 11) is -2.03. The number of methoxy groups -OCH3 is 1. The maximum Gasteiger partial charge on any atom is 0.251 e. The van der Waals surface area contributed by atoms with Crippen LogP contribution >= 0.6 is 0 Å². The zero-order valence-corrected chi connectivity index (χ0v) is 14.0. The zero-order valence-electron chi connectivity index (χ0n) is 13.2. The molecule has 2 aromatic rings. The van der Waals surface area contributed by atoms with Crippen molar-refractivity contribution in [1.82, 2.24) is 5.32 Å². The predicted molar refractivity (Wildman–Crippen MR) is 89.0 cm³/mol. The van der Waals surface area contributed by atoms with Crippen molar-refractivity contribution in [2.75, 3.05) is 18.1 Å². The molecule has 0 saturated carbocycles. The Labute approximate surface area is 139 Å². The molecule has 128 valence electrons. The molecule has 0 aliphatic rings. The molecule has 0 radical (unpaired) electrons. The Balaban J connectivity index is 2.04. The Morgan fingerprint density at radius 2 is 1.96 bits per heavy atom. The normalized spacial score (nSPS) is 11.0. The lowest BCUT2D eigenvalue weighted by Gasteiger charge is -2.09. The van der Waals surface area contributed by atoms with Crippen LogP contribution in [0.5, 0.6) is 5.75 Å². The number of sulfonamides is 1. The van der Waals surface area contributed by atoms with Crippen molar-refractivity contribution in [3.05, 3.63) is 59.4 Å². The van der Waals surface area contributed by atoms with Gasteiger partial charge in [0.2, 0.25) is 10.0 Å². The zero-order chi connectivity index (χ0) is 17.7. The Morgan fingerprint density at radius 1 is 1.21 bits per heavy atom. The van der Waals surface area contributed by atoms with Crippen LogP contribution in [0.2, 0.25) is 0 Å². The minimum Gasteiger partial charge on any atom is -0.494 e. The topological polar surface area (TPSA) is 84.5 Å². The third-order valence-electron chi connectivity index (χ3n) is 3.10. The van der Waals surface area contributed by atoms with Gasteiger partial charge in [0, 0.05) is 17.8 Å². The summed E-state index contributed by atoms with van der Waals surface area (Å²) in [5, 5.41) is 2.65. The van der Waals surface area contributed by atoms with Crippen LogP contribution in [-0.4, -0.2) is 27.7 Å². The van der Waals surface area contributed by atoms with Crippen molar-refractivity contribution in [3.8, 4) is 5.75 Å². The number of nitrogens with one attached hydrogen (secondary N) is 2. The summed E-state index contributed by atoms with van der Waals surface area (Å²) in [4.78, 5) is 12.1. The van der Waals surface area contributed by atoms with Crippen LogP contribution in [-0.2, 0) is 16.6 Å². The second kappa shape index (κ2) is 7.31. The van der Waals surface area contributed by atoms with Gasteiger partial charge in [-0.2, -0.15) is 0 Å². The van der Waals surface area contributed by atoms with Crippen LogP contribution in [0.1, 0.15) is 15.9 Å². The monoisotopic (exact) mass is 352 g/mol. The molecular weight excluding hydrogens is 335 g/mol. The number of rotatable bonds is 6. The summed E-state index contributed by atoms with van der Waals surface area (Å²) in [6.07, 6.45) is 1.06. The lowest BCUT2D eigenvalue weighted by Crippen LogP contribution is -2.23. The number of carbonyl (C=O) groups excluding carboxylic acids is 1. The second-order valence-electron chi connectivity index (χ2n) is 5.11. The number of anilines is 1. The van der Waals surface area contributed by atoms with Crippen molar-refractivity contribution >= 4 is 21.6 Å². The molecule has 0 unspecified atom stereocenters. The van der Waals surface area contributed by atoms with Gasteiger partial charge in [-0.3, -0.25) is 9.52 Å². The Morgan fingerprint density at radius 3 is 2.58 bits per heavy atom. The van der Waals surface area contributed by atoms with E-state index in [4.69, 9.17) is 4.74 Å². The first-order valence-electron chi connectivity index (χ1n) is 6.97. The third kappa shape index (κ3) is 4.95. The van der Waals surface area contributed by atoms with Crippen molar-refractivity contribution in [2.24, 2.45) is 0 Å². The van der Waals surface area contributed by atoms with Gasteiger partial charge in [-0.05, 0) is 35.9 Å². The smallest absolute Gasteiger partial charge is 0.251 e. The molecule has 24 heavy (non-hydrogen) atoms. The number of carbonyl (C=O) groups is 1. The quantitative estimate of drug-likeness (QED) is 0.834. The van der Waals surface area contributed by atoms with Gasteiger partial charge < -0.3 is 10.1 Å². The lowest BCUT2D eigenvalue weighted by atomic mass is 10.1. The molecule has 0 fully saturated rings. The van der Waals surface area contributed by atoms with Gasteiger partial charge >= 0.3 is 0 Å². The van der Waals surface area contributed by atoms with E-state index in [1.807, 2.05) is 0 Å². The largest absolute Gasteiger partial charge is 0.494 e. The molecule has 0 saturated heterocycles. The van der Waals surface area contributed by atoms with E-state index in [1.54, 1.807) is 24.3 Å². The summed E-state index contributed by atoms with van der Waals surface area (Å²) < 4.78 is 43.2. The molecule has 2 rings (SSSR count). The summed E-state index contributed by atoms with van der Waals surface area (Å²) >= 11 is 0. The van der Waals surface area contributed by atoms with E-state index in [-0.39, 0.29) is 17.9 Å². The highest BCUT2D eigenvalue weighted by molar-refractivity contribution is 7.92. The summed E-state index contributed by atoms with van der Waals surface area (Å²) in [6, 6.07) is 10.5. The summed E-state index contributed by atoms with van der Waals surface area (Å²) in [6.45, 7) is 0.172. The maximum absolute atomic E-state index is 13.6. The molecule has 1 amide bonds. The van der Waals surface area contributed by atoms with E-state index in [0.717, 1.165) is 12.3 Å². The van der Waals surface area contributed by atoms with Gasteiger partial charge in [0.25, 0.3) is 5.91 Å². The van der Waals surface area contributed by atoms with E-state index in [9.17, 15) is 17.6 Å². The van der Waals surface area contributed by atoms with Crippen LogP contribution in [0.4, 0.5) is 10.1 Å². The first kappa shape index (κ1) is 17.7. The fraction of sp³-hybridized carbons (Fsp3) is 0.188. The molecular formula is C16H17FN2O4S. The van der Waals surface area contributed by atoms with Gasteiger partial charge in [-0.1, -0.05) is 12.1 Å². The van der Waals surface area contributed by atoms with Crippen molar-refractivity contribution in [1.29, 1.82) is 0 Å². The van der Waals surface area contributed by atoms with Gasteiger partial charge in [0.05, 0.1) is 13.4 Å². The van der Waals surface area contributed by atoms with Crippen LogP contribution < -0.4 is 14.8 Å². The molecule has 2 N–H and O–H groups in total.